The number of sulfonamides is 1. The van der Waals surface area contributed by atoms with E-state index in [4.69, 9.17) is 0 Å². The summed E-state index contributed by atoms with van der Waals surface area (Å²) >= 11 is 0. The minimum Gasteiger partial charge on any atom is -0.469 e. The zero-order chi connectivity index (χ0) is 14.3. The van der Waals surface area contributed by atoms with E-state index in [9.17, 15) is 18.0 Å². The first-order valence-corrected chi connectivity index (χ1v) is 7.91. The van der Waals surface area contributed by atoms with Crippen molar-refractivity contribution >= 4 is 21.9 Å². The summed E-state index contributed by atoms with van der Waals surface area (Å²) in [6, 6.07) is 0.282. The topological polar surface area (TPSA) is 102 Å². The Morgan fingerprint density at radius 2 is 1.95 bits per heavy atom. The van der Waals surface area contributed by atoms with Crippen LogP contribution in [0.1, 0.15) is 32.1 Å². The van der Waals surface area contributed by atoms with E-state index in [-0.39, 0.29) is 43.5 Å². The number of amides is 1. The smallest absolute Gasteiger partial charge is 0.305 e. The van der Waals surface area contributed by atoms with Crippen molar-refractivity contribution in [3.8, 4) is 0 Å². The van der Waals surface area contributed by atoms with Crippen LogP contribution in [0.25, 0.3) is 0 Å². The van der Waals surface area contributed by atoms with E-state index in [1.807, 2.05) is 0 Å². The van der Waals surface area contributed by atoms with Gasteiger partial charge in [-0.15, -0.1) is 0 Å². The molecule has 1 fully saturated rings. The van der Waals surface area contributed by atoms with Gasteiger partial charge in [-0.25, -0.2) is 13.1 Å². The fourth-order valence-corrected chi connectivity index (χ4v) is 2.51. The molecule has 0 aromatic rings. The zero-order valence-electron chi connectivity index (χ0n) is 11.0. The van der Waals surface area contributed by atoms with Gasteiger partial charge in [0.2, 0.25) is 15.9 Å². The molecule has 2 N–H and O–H groups in total. The van der Waals surface area contributed by atoms with Crippen molar-refractivity contribution in [1.29, 1.82) is 0 Å². The highest BCUT2D eigenvalue weighted by Crippen LogP contribution is 2.18. The van der Waals surface area contributed by atoms with Crippen molar-refractivity contribution in [2.45, 2.75) is 38.1 Å². The van der Waals surface area contributed by atoms with Crippen molar-refractivity contribution < 1.29 is 22.7 Å². The zero-order valence-corrected chi connectivity index (χ0v) is 11.8. The Balaban J connectivity index is 2.11. The number of esters is 1. The molecular formula is C11H20N2O5S. The van der Waals surface area contributed by atoms with Gasteiger partial charge < -0.3 is 10.1 Å². The van der Waals surface area contributed by atoms with Gasteiger partial charge in [0, 0.05) is 25.4 Å². The van der Waals surface area contributed by atoms with E-state index in [2.05, 4.69) is 14.8 Å². The fraction of sp³-hybridized carbons (Fsp3) is 0.818. The third kappa shape index (κ3) is 7.78. The molecule has 1 amide bonds. The van der Waals surface area contributed by atoms with E-state index >= 15 is 0 Å². The maximum absolute atomic E-state index is 11.5. The highest BCUT2D eigenvalue weighted by Gasteiger charge is 2.23. The van der Waals surface area contributed by atoms with E-state index in [0.29, 0.717) is 0 Å². The molecule has 1 rings (SSSR count). The van der Waals surface area contributed by atoms with Gasteiger partial charge in [0.25, 0.3) is 0 Å². The molecule has 0 heterocycles. The highest BCUT2D eigenvalue weighted by atomic mass is 32.2. The Labute approximate surface area is 113 Å². The van der Waals surface area contributed by atoms with Gasteiger partial charge in [-0.3, -0.25) is 9.59 Å². The third-order valence-corrected chi connectivity index (χ3v) is 4.11. The number of hydrogen-bond donors (Lipinski definition) is 2. The molecule has 1 aliphatic rings. The molecule has 0 aromatic carbocycles. The lowest BCUT2D eigenvalue weighted by molar-refractivity contribution is -0.140. The molecule has 19 heavy (non-hydrogen) atoms. The summed E-state index contributed by atoms with van der Waals surface area (Å²) in [7, 11) is -2.17. The lowest BCUT2D eigenvalue weighted by Gasteiger charge is -2.06. The van der Waals surface area contributed by atoms with Crippen LogP contribution in [0.5, 0.6) is 0 Å². The van der Waals surface area contributed by atoms with E-state index in [1.165, 1.54) is 7.11 Å². The number of methoxy groups -OCH3 is 1. The number of hydrogen-bond acceptors (Lipinski definition) is 5. The summed E-state index contributed by atoms with van der Waals surface area (Å²) < 4.78 is 29.8. The van der Waals surface area contributed by atoms with E-state index in [0.717, 1.165) is 12.8 Å². The van der Waals surface area contributed by atoms with Gasteiger partial charge in [0.15, 0.2) is 0 Å². The van der Waals surface area contributed by atoms with Crippen molar-refractivity contribution in [3.05, 3.63) is 0 Å². The van der Waals surface area contributed by atoms with Gasteiger partial charge in [0.1, 0.15) is 0 Å². The number of ether oxygens (including phenoxy) is 1. The van der Waals surface area contributed by atoms with Crippen LogP contribution in [-0.2, 0) is 24.3 Å². The normalized spacial score (nSPS) is 15.0. The largest absolute Gasteiger partial charge is 0.469 e. The molecule has 8 heteroatoms. The van der Waals surface area contributed by atoms with Crippen LogP contribution in [0.15, 0.2) is 0 Å². The predicted molar refractivity (Wildman–Crippen MR) is 68.8 cm³/mol. The first-order valence-electron chi connectivity index (χ1n) is 6.26. The monoisotopic (exact) mass is 292 g/mol. The molecule has 1 saturated carbocycles. The summed E-state index contributed by atoms with van der Waals surface area (Å²) in [5.41, 5.74) is 0. The van der Waals surface area contributed by atoms with Gasteiger partial charge in [-0.05, 0) is 19.3 Å². The number of rotatable bonds is 9. The molecule has 7 nitrogen and oxygen atoms in total. The van der Waals surface area contributed by atoms with Crippen LogP contribution in [0.2, 0.25) is 0 Å². The lowest BCUT2D eigenvalue weighted by atomic mass is 10.3. The molecule has 1 aliphatic carbocycles. The van der Waals surface area contributed by atoms with Crippen molar-refractivity contribution in [1.82, 2.24) is 10.0 Å². The molecular weight excluding hydrogens is 272 g/mol. The molecule has 0 atom stereocenters. The van der Waals surface area contributed by atoms with Crippen molar-refractivity contribution in [3.63, 3.8) is 0 Å². The Bertz CT molecular complexity index is 417. The molecule has 0 unspecified atom stereocenters. The SMILES string of the molecule is COC(=O)CCCS(=O)(=O)NCCC(=O)NC1CC1. The van der Waals surface area contributed by atoms with Crippen LogP contribution in [0, 0.1) is 0 Å². The van der Waals surface area contributed by atoms with Gasteiger partial charge in [-0.1, -0.05) is 0 Å². The van der Waals surface area contributed by atoms with Gasteiger partial charge in [-0.2, -0.15) is 0 Å². The third-order valence-electron chi connectivity index (χ3n) is 2.64. The average molecular weight is 292 g/mol. The standard InChI is InChI=1S/C11H20N2O5S/c1-18-11(15)3-2-8-19(16,17)12-7-6-10(14)13-9-4-5-9/h9,12H,2-8H2,1H3,(H,13,14). The lowest BCUT2D eigenvalue weighted by Crippen LogP contribution is -2.32. The number of carbonyl (C=O) groups excluding carboxylic acids is 2. The molecule has 110 valence electrons. The summed E-state index contributed by atoms with van der Waals surface area (Å²) in [5.74, 6) is -0.717. The highest BCUT2D eigenvalue weighted by molar-refractivity contribution is 7.89. The van der Waals surface area contributed by atoms with E-state index < -0.39 is 16.0 Å². The van der Waals surface area contributed by atoms with Crippen LogP contribution >= 0.6 is 0 Å². The maximum atomic E-state index is 11.5. The second-order valence-electron chi connectivity index (χ2n) is 4.48. The van der Waals surface area contributed by atoms with Crippen LogP contribution in [0.3, 0.4) is 0 Å². The Hall–Kier alpha value is -1.15. The van der Waals surface area contributed by atoms with Gasteiger partial charge >= 0.3 is 5.97 Å². The summed E-state index contributed by atoms with van der Waals surface area (Å²) in [4.78, 5) is 22.1. The van der Waals surface area contributed by atoms with Crippen LogP contribution in [-0.4, -0.2) is 45.7 Å². The maximum Gasteiger partial charge on any atom is 0.305 e. The Morgan fingerprint density at radius 3 is 2.53 bits per heavy atom. The van der Waals surface area contributed by atoms with Crippen LogP contribution in [0.4, 0.5) is 0 Å². The molecule has 0 spiro atoms. The molecule has 0 bridgehead atoms. The molecule has 0 radical (unpaired) electrons. The summed E-state index contributed by atoms with van der Waals surface area (Å²) in [5, 5.41) is 2.77. The second-order valence-corrected chi connectivity index (χ2v) is 6.41. The first-order chi connectivity index (χ1) is 8.93. The van der Waals surface area contributed by atoms with E-state index in [1.54, 1.807) is 0 Å². The predicted octanol–water partition coefficient (Wildman–Crippen LogP) is -0.472. The quantitative estimate of drug-likeness (QED) is 0.559. The Kier molecular flexibility index (Phi) is 6.23. The van der Waals surface area contributed by atoms with Crippen LogP contribution < -0.4 is 10.0 Å². The molecule has 0 saturated heterocycles. The van der Waals surface area contributed by atoms with Crippen molar-refractivity contribution in [2.24, 2.45) is 0 Å². The first kappa shape index (κ1) is 15.9. The summed E-state index contributed by atoms with van der Waals surface area (Å²) in [6.07, 6.45) is 2.42. The minimum absolute atomic E-state index is 0.0690. The average Bonchev–Trinajstić information content (AvgIpc) is 3.12. The fourth-order valence-electron chi connectivity index (χ4n) is 1.43. The van der Waals surface area contributed by atoms with Crippen molar-refractivity contribution in [2.75, 3.05) is 19.4 Å². The van der Waals surface area contributed by atoms with Gasteiger partial charge in [0.05, 0.1) is 12.9 Å². The number of nitrogens with one attached hydrogen (secondary N) is 2. The number of carbonyl (C=O) groups is 2. The Morgan fingerprint density at radius 1 is 1.26 bits per heavy atom. The second kappa shape index (κ2) is 7.44. The minimum atomic E-state index is -3.43. The molecule has 0 aromatic heterocycles. The molecule has 0 aliphatic heterocycles. The summed E-state index contributed by atoms with van der Waals surface area (Å²) in [6.45, 7) is 0.0825.